The van der Waals surface area contributed by atoms with Crippen molar-refractivity contribution in [2.75, 3.05) is 97.6 Å². The summed E-state index contributed by atoms with van der Waals surface area (Å²) < 4.78 is 27.4. The van der Waals surface area contributed by atoms with Crippen LogP contribution in [0.4, 0.5) is 11.4 Å². The minimum atomic E-state index is -0.155. The summed E-state index contributed by atoms with van der Waals surface area (Å²) in [5, 5.41) is 1.04. The van der Waals surface area contributed by atoms with Crippen LogP contribution in [0.25, 0.3) is 0 Å². The van der Waals surface area contributed by atoms with Crippen molar-refractivity contribution in [3.8, 4) is 28.9 Å². The molecule has 8 aromatic rings. The summed E-state index contributed by atoms with van der Waals surface area (Å²) >= 11 is 12.1. The third-order valence-electron chi connectivity index (χ3n) is 18.2. The molecule has 0 aliphatic carbocycles. The molecule has 0 radical (unpaired) electrons. The lowest BCUT2D eigenvalue weighted by Crippen LogP contribution is -2.38. The summed E-state index contributed by atoms with van der Waals surface area (Å²) in [5.41, 5.74) is 6.63. The fourth-order valence-corrected chi connectivity index (χ4v) is 12.5. The number of pyridine rings is 2. The molecule has 101 heavy (non-hydrogen) atoms. The van der Waals surface area contributed by atoms with Crippen LogP contribution in [-0.4, -0.2) is 153 Å². The number of ether oxygens (including phenoxy) is 5. The van der Waals surface area contributed by atoms with Crippen LogP contribution in [0, 0.1) is 5.92 Å². The van der Waals surface area contributed by atoms with Crippen LogP contribution in [0.2, 0.25) is 10.0 Å². The van der Waals surface area contributed by atoms with Gasteiger partial charge in [-0.3, -0.25) is 33.8 Å². The van der Waals surface area contributed by atoms with Crippen molar-refractivity contribution in [3.05, 3.63) is 231 Å². The van der Waals surface area contributed by atoms with Crippen LogP contribution in [0.15, 0.2) is 176 Å². The number of halogens is 2. The molecule has 19 nitrogen and oxygen atoms in total. The standard InChI is InChI=1S/2C21H24N2O3.C19H21ClN2O3.C19H21ClN2O2/c1-22(21(25)18-8-4-5-9-19(18)26-2)17-12-10-16(11-13-17)20(24)23-14-6-3-7-15-23;1-22(18-8-4-5-9-19(18)26-2)20(24)16-10-12-17(13-11-16)21(25)23-14-6-3-7-15-23;1-24-17-12-14(19(23)22-10-3-2-4-11-22)7-8-15(17)13-25-18-16(20)6-5-9-21-18;1-14-8-10-22(11-9-14)19(23)17-7-6-15(12-21-17)13-24-18-5-3-2-4-16(18)20/h2*4-5,8-13H,3,6-7,14-15H2,1-2H3;5-9,12H,2-4,10-11,13H2,1H3;2-7,12,14H,8-11,13H2,1H3. The largest absolute Gasteiger partial charge is 0.496 e. The molecule has 6 amide bonds. The Kier molecular flexibility index (Phi) is 28.3. The molecule has 4 fully saturated rings. The molecule has 4 aliphatic heterocycles. The molecule has 2 aromatic heterocycles. The topological polar surface area (TPSA) is 194 Å². The lowest BCUT2D eigenvalue weighted by molar-refractivity contribution is 0.0688. The summed E-state index contributed by atoms with van der Waals surface area (Å²) in [7, 11) is 8.15. The zero-order valence-corrected chi connectivity index (χ0v) is 60.0. The van der Waals surface area contributed by atoms with E-state index in [2.05, 4.69) is 16.9 Å². The van der Waals surface area contributed by atoms with Gasteiger partial charge >= 0.3 is 0 Å². The minimum absolute atomic E-state index is 0.0143. The second kappa shape index (κ2) is 38.0. The van der Waals surface area contributed by atoms with Gasteiger partial charge in [-0.2, -0.15) is 0 Å². The maximum absolute atomic E-state index is 12.8. The van der Waals surface area contributed by atoms with Crippen molar-refractivity contribution in [1.29, 1.82) is 0 Å². The van der Waals surface area contributed by atoms with Crippen LogP contribution < -0.4 is 33.5 Å². The first-order valence-electron chi connectivity index (χ1n) is 34.5. The number of benzene rings is 6. The number of piperidine rings is 4. The quantitative estimate of drug-likeness (QED) is 0.0836. The SMILES string of the molecule is CC1CCN(C(=O)c2ccc(COc3ccccc3Cl)cn2)CC1.COc1cc(C(=O)N2CCCCC2)ccc1COc1ncccc1Cl.COc1ccccc1C(=O)N(C)c1ccc(C(=O)N2CCCCC2)cc1.COc1ccccc1N(C)C(=O)c1ccc(C(=O)N2CCCCC2)cc1. The molecular weight excluding hydrogens is 1320 g/mol. The Morgan fingerprint density at radius 3 is 1.50 bits per heavy atom. The van der Waals surface area contributed by atoms with Crippen LogP contribution in [0.1, 0.15) is 151 Å². The number of anilines is 2. The number of amides is 6. The zero-order chi connectivity index (χ0) is 71.6. The smallest absolute Gasteiger partial charge is 0.272 e. The number of aromatic nitrogens is 2. The number of para-hydroxylation sites is 4. The van der Waals surface area contributed by atoms with Gasteiger partial charge in [-0.25, -0.2) is 4.98 Å². The predicted molar refractivity (Wildman–Crippen MR) is 394 cm³/mol. The normalized spacial score (nSPS) is 14.4. The van der Waals surface area contributed by atoms with Gasteiger partial charge in [0.2, 0.25) is 5.88 Å². The molecule has 0 saturated carbocycles. The van der Waals surface area contributed by atoms with Gasteiger partial charge < -0.3 is 53.1 Å². The van der Waals surface area contributed by atoms with Gasteiger partial charge in [-0.05, 0) is 192 Å². The Hall–Kier alpha value is -9.98. The van der Waals surface area contributed by atoms with Gasteiger partial charge in [-0.1, -0.05) is 78.7 Å². The maximum atomic E-state index is 12.8. The zero-order valence-electron chi connectivity index (χ0n) is 58.5. The summed E-state index contributed by atoms with van der Waals surface area (Å²) in [6, 6.07) is 48.5. The highest BCUT2D eigenvalue weighted by molar-refractivity contribution is 6.32. The van der Waals surface area contributed by atoms with Gasteiger partial charge in [0, 0.05) is 118 Å². The van der Waals surface area contributed by atoms with Crippen molar-refractivity contribution in [2.24, 2.45) is 5.92 Å². The summed E-state index contributed by atoms with van der Waals surface area (Å²) in [4.78, 5) is 94.8. The van der Waals surface area contributed by atoms with E-state index in [1.165, 1.54) is 19.3 Å². The Morgan fingerprint density at radius 1 is 0.446 bits per heavy atom. The van der Waals surface area contributed by atoms with Crippen LogP contribution in [0.3, 0.4) is 0 Å². The second-order valence-electron chi connectivity index (χ2n) is 25.1. The lowest BCUT2D eigenvalue weighted by Gasteiger charge is -2.30. The molecule has 21 heteroatoms. The first kappa shape index (κ1) is 75.2. The Balaban J connectivity index is 0.000000157. The van der Waals surface area contributed by atoms with Crippen molar-refractivity contribution in [2.45, 2.75) is 90.8 Å². The van der Waals surface area contributed by atoms with E-state index in [9.17, 15) is 28.8 Å². The fourth-order valence-electron chi connectivity index (χ4n) is 12.1. The Labute approximate surface area is 602 Å². The Morgan fingerprint density at radius 2 is 0.941 bits per heavy atom. The van der Waals surface area contributed by atoms with Crippen LogP contribution >= 0.6 is 23.2 Å². The second-order valence-corrected chi connectivity index (χ2v) is 25.9. The molecule has 6 aromatic carbocycles. The molecule has 4 aliphatic rings. The lowest BCUT2D eigenvalue weighted by atomic mass is 9.99. The fraction of sp³-hybridized carbons (Fsp3) is 0.350. The molecule has 530 valence electrons. The Bertz CT molecular complexity index is 4040. The van der Waals surface area contributed by atoms with Crippen molar-refractivity contribution < 1.29 is 52.5 Å². The van der Waals surface area contributed by atoms with Crippen molar-refractivity contribution in [1.82, 2.24) is 29.6 Å². The van der Waals surface area contributed by atoms with E-state index in [1.54, 1.807) is 136 Å². The number of hydrogen-bond donors (Lipinski definition) is 0. The first-order valence-corrected chi connectivity index (χ1v) is 35.2. The predicted octanol–water partition coefficient (Wildman–Crippen LogP) is 15.3. The average molecular weight is 1410 g/mol. The van der Waals surface area contributed by atoms with E-state index in [4.69, 9.17) is 46.9 Å². The summed E-state index contributed by atoms with van der Waals surface area (Å²) in [5.74, 6) is 3.39. The molecule has 0 N–H and O–H groups in total. The van der Waals surface area contributed by atoms with Gasteiger partial charge in [-0.15, -0.1) is 0 Å². The maximum Gasteiger partial charge on any atom is 0.272 e. The van der Waals surface area contributed by atoms with Gasteiger partial charge in [0.25, 0.3) is 35.4 Å². The van der Waals surface area contributed by atoms with E-state index < -0.39 is 0 Å². The number of likely N-dealkylation sites (tertiary alicyclic amines) is 4. The monoisotopic (exact) mass is 1410 g/mol. The van der Waals surface area contributed by atoms with E-state index in [0.717, 1.165) is 121 Å². The van der Waals surface area contributed by atoms with Gasteiger partial charge in [0.1, 0.15) is 46.9 Å². The third-order valence-corrected chi connectivity index (χ3v) is 18.8. The van der Waals surface area contributed by atoms with E-state index >= 15 is 0 Å². The number of methoxy groups -OCH3 is 3. The highest BCUT2D eigenvalue weighted by Crippen LogP contribution is 2.31. The van der Waals surface area contributed by atoms with E-state index in [0.29, 0.717) is 90.6 Å². The molecular formula is C80H90Cl2N8O11. The third kappa shape index (κ3) is 20.8. The van der Waals surface area contributed by atoms with Gasteiger partial charge in [0.05, 0.1) is 37.6 Å². The molecule has 0 unspecified atom stereocenters. The van der Waals surface area contributed by atoms with Crippen LogP contribution in [-0.2, 0) is 13.2 Å². The number of hydrogen-bond acceptors (Lipinski definition) is 13. The van der Waals surface area contributed by atoms with Crippen molar-refractivity contribution >= 4 is 70.0 Å². The number of nitrogens with zero attached hydrogens (tertiary/aromatic N) is 8. The number of carbonyl (C=O) groups is 6. The van der Waals surface area contributed by atoms with E-state index in [-0.39, 0.29) is 42.0 Å². The molecule has 0 spiro atoms. The summed E-state index contributed by atoms with van der Waals surface area (Å²) in [6.07, 6.45) is 15.4. The van der Waals surface area contributed by atoms with E-state index in [1.807, 2.05) is 105 Å². The minimum Gasteiger partial charge on any atom is -0.496 e. The summed E-state index contributed by atoms with van der Waals surface area (Å²) in [6.45, 7) is 9.43. The molecule has 0 bridgehead atoms. The highest BCUT2D eigenvalue weighted by Gasteiger charge is 2.26. The van der Waals surface area contributed by atoms with Gasteiger partial charge in [0.15, 0.2) is 0 Å². The first-order chi connectivity index (χ1) is 49.0. The van der Waals surface area contributed by atoms with Crippen molar-refractivity contribution in [3.63, 3.8) is 0 Å². The highest BCUT2D eigenvalue weighted by atomic mass is 35.5. The number of rotatable bonds is 17. The average Bonchev–Trinajstić information content (AvgIpc) is 0.842. The molecule has 6 heterocycles. The van der Waals surface area contributed by atoms with Crippen LogP contribution in [0.5, 0.6) is 28.9 Å². The molecule has 4 saturated heterocycles. The molecule has 12 rings (SSSR count). The number of carbonyl (C=O) groups excluding carboxylic acids is 6. The molecule has 0 atom stereocenters.